The summed E-state index contributed by atoms with van der Waals surface area (Å²) in [6, 6.07) is 11.5. The second-order valence-electron chi connectivity index (χ2n) is 7.04. The molecule has 0 radical (unpaired) electrons. The third-order valence-corrected chi connectivity index (χ3v) is 4.61. The molecule has 0 bridgehead atoms. The molecule has 146 valence electrons. The molecule has 0 aliphatic rings. The average Bonchev–Trinajstić information content (AvgIpc) is 3.30. The molecule has 29 heavy (non-hydrogen) atoms. The van der Waals surface area contributed by atoms with Crippen LogP contribution in [0.1, 0.15) is 33.0 Å². The summed E-state index contributed by atoms with van der Waals surface area (Å²) in [4.78, 5) is 21.0. The highest BCUT2D eigenvalue weighted by molar-refractivity contribution is 6.03. The Balaban J connectivity index is 1.56. The summed E-state index contributed by atoms with van der Waals surface area (Å²) in [7, 11) is 0. The number of carbonyl (C=O) groups excluding carboxylic acids is 1. The molecule has 0 saturated heterocycles. The normalized spacial score (nSPS) is 10.9. The minimum absolute atomic E-state index is 0.327. The highest BCUT2D eigenvalue weighted by Gasteiger charge is 2.14. The van der Waals surface area contributed by atoms with Crippen LogP contribution in [0.3, 0.4) is 0 Å². The van der Waals surface area contributed by atoms with E-state index >= 15 is 0 Å². The van der Waals surface area contributed by atoms with Gasteiger partial charge in [-0.25, -0.2) is 14.6 Å². The first-order chi connectivity index (χ1) is 13.9. The number of nitrogens with one attached hydrogen (secondary N) is 2. The van der Waals surface area contributed by atoms with E-state index in [1.54, 1.807) is 16.8 Å². The number of hydrogen-bond acceptors (Lipinski definition) is 5. The van der Waals surface area contributed by atoms with Gasteiger partial charge < -0.3 is 5.32 Å². The van der Waals surface area contributed by atoms with Crippen molar-refractivity contribution in [2.75, 3.05) is 5.32 Å². The van der Waals surface area contributed by atoms with Crippen LogP contribution in [0.5, 0.6) is 0 Å². The molecule has 4 aromatic rings. The Kier molecular flexibility index (Phi) is 4.67. The van der Waals surface area contributed by atoms with Crippen molar-refractivity contribution in [2.24, 2.45) is 0 Å². The van der Waals surface area contributed by atoms with E-state index in [1.807, 2.05) is 39.8 Å². The topological polar surface area (TPSA) is 101 Å². The van der Waals surface area contributed by atoms with Crippen LogP contribution in [-0.4, -0.2) is 35.9 Å². The van der Waals surface area contributed by atoms with Crippen molar-refractivity contribution in [3.05, 3.63) is 70.9 Å². The average molecular weight is 387 g/mol. The largest absolute Gasteiger partial charge is 0.305 e. The van der Waals surface area contributed by atoms with Crippen LogP contribution in [0.15, 0.2) is 42.7 Å². The first-order valence-electron chi connectivity index (χ1n) is 9.21. The fourth-order valence-corrected chi connectivity index (χ4v) is 3.16. The van der Waals surface area contributed by atoms with Crippen LogP contribution in [-0.2, 0) is 0 Å². The van der Waals surface area contributed by atoms with E-state index in [0.29, 0.717) is 17.3 Å². The first-order valence-corrected chi connectivity index (χ1v) is 9.21. The Morgan fingerprint density at radius 1 is 1.03 bits per heavy atom. The van der Waals surface area contributed by atoms with Crippen molar-refractivity contribution >= 4 is 11.7 Å². The molecular formula is C21H21N7O. The lowest BCUT2D eigenvalue weighted by Gasteiger charge is -2.06. The quantitative estimate of drug-likeness (QED) is 0.558. The number of H-pyrrole nitrogens is 1. The smallest absolute Gasteiger partial charge is 0.274 e. The summed E-state index contributed by atoms with van der Waals surface area (Å²) in [5.41, 5.74) is 6.15. The first kappa shape index (κ1) is 18.5. The second-order valence-corrected chi connectivity index (χ2v) is 7.04. The summed E-state index contributed by atoms with van der Waals surface area (Å²) in [5.74, 6) is 0.643. The Labute approximate surface area is 168 Å². The standard InChI is InChI=1S/C21H21N7O/c1-12-5-6-13(2)16(7-12)17-9-18(26-25-17)21(29)24-19-10-20(23-11-22-19)28-15(4)8-14(3)27-28/h5-11H,1-4H3,(H,25,26)(H,22,23,24,29). The van der Waals surface area contributed by atoms with Gasteiger partial charge in [0.1, 0.15) is 17.8 Å². The molecule has 0 aliphatic heterocycles. The second kappa shape index (κ2) is 7.31. The maximum Gasteiger partial charge on any atom is 0.274 e. The Morgan fingerprint density at radius 3 is 2.62 bits per heavy atom. The van der Waals surface area contributed by atoms with Crippen molar-refractivity contribution in [3.8, 4) is 17.1 Å². The lowest BCUT2D eigenvalue weighted by molar-refractivity contribution is 0.102. The lowest BCUT2D eigenvalue weighted by atomic mass is 10.0. The SMILES string of the molecule is Cc1ccc(C)c(-c2cc(C(=O)Nc3cc(-n4nc(C)cc4C)ncn3)[nH]n2)c1. The zero-order valence-corrected chi connectivity index (χ0v) is 16.7. The molecule has 4 rings (SSSR count). The van der Waals surface area contributed by atoms with E-state index in [-0.39, 0.29) is 5.91 Å². The zero-order chi connectivity index (χ0) is 20.5. The van der Waals surface area contributed by atoms with Crippen molar-refractivity contribution in [3.63, 3.8) is 0 Å². The predicted octanol–water partition coefficient (Wildman–Crippen LogP) is 3.54. The molecule has 0 fully saturated rings. The lowest BCUT2D eigenvalue weighted by Crippen LogP contribution is -2.14. The number of hydrogen-bond donors (Lipinski definition) is 2. The third-order valence-electron chi connectivity index (χ3n) is 4.61. The number of anilines is 1. The number of aryl methyl sites for hydroxylation is 4. The fraction of sp³-hybridized carbons (Fsp3) is 0.190. The maximum atomic E-state index is 12.7. The van der Waals surface area contributed by atoms with Crippen LogP contribution in [0.2, 0.25) is 0 Å². The van der Waals surface area contributed by atoms with E-state index in [1.165, 1.54) is 6.33 Å². The summed E-state index contributed by atoms with van der Waals surface area (Å²) >= 11 is 0. The number of aromatic nitrogens is 6. The maximum absolute atomic E-state index is 12.7. The molecule has 2 N–H and O–H groups in total. The number of aromatic amines is 1. The van der Waals surface area contributed by atoms with Crippen LogP contribution in [0.4, 0.5) is 5.82 Å². The molecule has 8 nitrogen and oxygen atoms in total. The van der Waals surface area contributed by atoms with Gasteiger partial charge in [-0.2, -0.15) is 10.2 Å². The van der Waals surface area contributed by atoms with Crippen LogP contribution in [0.25, 0.3) is 17.1 Å². The Morgan fingerprint density at radius 2 is 1.86 bits per heavy atom. The van der Waals surface area contributed by atoms with Crippen molar-refractivity contribution in [1.82, 2.24) is 29.9 Å². The Bertz CT molecular complexity index is 1210. The third kappa shape index (κ3) is 3.77. The van der Waals surface area contributed by atoms with Gasteiger partial charge in [0.15, 0.2) is 5.82 Å². The molecule has 0 saturated carbocycles. The number of amides is 1. The molecule has 3 aromatic heterocycles. The van der Waals surface area contributed by atoms with Gasteiger partial charge in [-0.15, -0.1) is 0 Å². The number of carbonyl (C=O) groups is 1. The minimum Gasteiger partial charge on any atom is -0.305 e. The number of benzene rings is 1. The van der Waals surface area contributed by atoms with Crippen LogP contribution in [0, 0.1) is 27.7 Å². The molecule has 0 unspecified atom stereocenters. The van der Waals surface area contributed by atoms with E-state index in [2.05, 4.69) is 42.7 Å². The summed E-state index contributed by atoms with van der Waals surface area (Å²) in [6.07, 6.45) is 1.40. The molecule has 1 amide bonds. The van der Waals surface area contributed by atoms with E-state index in [9.17, 15) is 4.79 Å². The molecule has 0 aliphatic carbocycles. The van der Waals surface area contributed by atoms with E-state index < -0.39 is 0 Å². The molecule has 1 aromatic carbocycles. The monoisotopic (exact) mass is 387 g/mol. The molecule has 3 heterocycles. The van der Waals surface area contributed by atoms with Crippen molar-refractivity contribution < 1.29 is 4.79 Å². The van der Waals surface area contributed by atoms with Crippen LogP contribution < -0.4 is 5.32 Å². The van der Waals surface area contributed by atoms with Gasteiger partial charge in [0.2, 0.25) is 0 Å². The van der Waals surface area contributed by atoms with Gasteiger partial charge in [-0.1, -0.05) is 17.7 Å². The number of rotatable bonds is 4. The summed E-state index contributed by atoms with van der Waals surface area (Å²) in [6.45, 7) is 7.91. The zero-order valence-electron chi connectivity index (χ0n) is 16.7. The van der Waals surface area contributed by atoms with Gasteiger partial charge in [0.25, 0.3) is 5.91 Å². The summed E-state index contributed by atoms with van der Waals surface area (Å²) in [5, 5.41) is 14.3. The molecular weight excluding hydrogens is 366 g/mol. The number of nitrogens with zero attached hydrogens (tertiary/aromatic N) is 5. The van der Waals surface area contributed by atoms with Gasteiger partial charge in [-0.3, -0.25) is 9.89 Å². The van der Waals surface area contributed by atoms with Gasteiger partial charge >= 0.3 is 0 Å². The molecule has 0 spiro atoms. The van der Waals surface area contributed by atoms with Crippen LogP contribution >= 0.6 is 0 Å². The minimum atomic E-state index is -0.327. The predicted molar refractivity (Wildman–Crippen MR) is 110 cm³/mol. The summed E-state index contributed by atoms with van der Waals surface area (Å²) < 4.78 is 1.71. The Hall–Kier alpha value is -3.81. The van der Waals surface area contributed by atoms with E-state index in [4.69, 9.17) is 0 Å². The highest BCUT2D eigenvalue weighted by atomic mass is 16.2. The van der Waals surface area contributed by atoms with Gasteiger partial charge in [0, 0.05) is 17.3 Å². The van der Waals surface area contributed by atoms with Gasteiger partial charge in [0.05, 0.1) is 11.4 Å². The molecule has 8 heteroatoms. The highest BCUT2D eigenvalue weighted by Crippen LogP contribution is 2.23. The van der Waals surface area contributed by atoms with Crippen molar-refractivity contribution in [1.29, 1.82) is 0 Å². The van der Waals surface area contributed by atoms with Crippen molar-refractivity contribution in [2.45, 2.75) is 27.7 Å². The molecule has 0 atom stereocenters. The van der Waals surface area contributed by atoms with Gasteiger partial charge in [-0.05, 0) is 51.5 Å². The fourth-order valence-electron chi connectivity index (χ4n) is 3.16. The van der Waals surface area contributed by atoms with E-state index in [0.717, 1.165) is 33.8 Å².